The maximum absolute atomic E-state index is 12.2. The topological polar surface area (TPSA) is 78.1 Å². The summed E-state index contributed by atoms with van der Waals surface area (Å²) in [5.41, 5.74) is 2.55. The van der Waals surface area contributed by atoms with Gasteiger partial charge in [0.15, 0.2) is 0 Å². The molecule has 0 aliphatic heterocycles. The number of aryl methyl sites for hydroxylation is 2. The van der Waals surface area contributed by atoms with E-state index in [1.807, 2.05) is 20.8 Å². The quantitative estimate of drug-likeness (QED) is 0.839. The first-order valence-corrected chi connectivity index (χ1v) is 7.58. The van der Waals surface area contributed by atoms with Crippen LogP contribution in [0, 0.1) is 13.8 Å². The molecule has 1 atom stereocenters. The van der Waals surface area contributed by atoms with Crippen molar-refractivity contribution in [1.29, 1.82) is 0 Å². The fourth-order valence-electron chi connectivity index (χ4n) is 1.88. The van der Waals surface area contributed by atoms with Crippen LogP contribution >= 0.6 is 0 Å². The molecule has 0 fully saturated rings. The fourth-order valence-corrected chi connectivity index (χ4v) is 2.86. The monoisotopic (exact) mass is 295 g/mol. The van der Waals surface area contributed by atoms with Crippen LogP contribution in [0.4, 0.5) is 0 Å². The molecular weight excluding hydrogens is 278 g/mol. The molecule has 0 bridgehead atoms. The minimum Gasteiger partial charge on any atom is -0.496 e. The van der Waals surface area contributed by atoms with Crippen LogP contribution in [0.1, 0.15) is 29.6 Å². The van der Waals surface area contributed by atoms with Crippen LogP contribution in [0.15, 0.2) is 15.8 Å². The van der Waals surface area contributed by atoms with Gasteiger partial charge in [-0.05, 0) is 13.8 Å². The highest BCUT2D eigenvalue weighted by molar-refractivity contribution is 7.83. The van der Waals surface area contributed by atoms with E-state index in [1.165, 1.54) is 0 Å². The molecule has 0 aromatic carbocycles. The maximum Gasteiger partial charge on any atom is 0.307 e. The van der Waals surface area contributed by atoms with Crippen LogP contribution in [0.5, 0.6) is 5.75 Å². The van der Waals surface area contributed by atoms with Crippen molar-refractivity contribution in [2.45, 2.75) is 38.2 Å². The number of hydrogen-bond acceptors (Lipinski definition) is 6. The van der Waals surface area contributed by atoms with Gasteiger partial charge in [-0.25, -0.2) is 4.21 Å². The Morgan fingerprint density at radius 2 is 2.10 bits per heavy atom. The lowest BCUT2D eigenvalue weighted by Crippen LogP contribution is -2.04. The first-order chi connectivity index (χ1) is 9.56. The van der Waals surface area contributed by atoms with Gasteiger partial charge in [0, 0.05) is 23.7 Å². The first kappa shape index (κ1) is 14.6. The number of methoxy groups -OCH3 is 1. The van der Waals surface area contributed by atoms with Crippen molar-refractivity contribution in [3.8, 4) is 5.75 Å². The van der Waals surface area contributed by atoms with E-state index in [2.05, 4.69) is 15.2 Å². The van der Waals surface area contributed by atoms with Gasteiger partial charge in [0.1, 0.15) is 16.5 Å². The molecule has 0 radical (unpaired) electrons. The molecular formula is C13H17N3O3S. The van der Waals surface area contributed by atoms with E-state index in [0.717, 1.165) is 16.9 Å². The third-order valence-corrected chi connectivity index (χ3v) is 4.05. The predicted octanol–water partition coefficient (Wildman–Crippen LogP) is 1.96. The second-order valence-electron chi connectivity index (χ2n) is 4.35. The van der Waals surface area contributed by atoms with E-state index in [1.54, 1.807) is 13.3 Å². The molecule has 0 amide bonds. The SMILES string of the molecule is CCc1nnc(S(=O)Cc2ncc(C)c(OC)c2C)o1. The summed E-state index contributed by atoms with van der Waals surface area (Å²) in [5.74, 6) is 1.49. The Balaban J connectivity index is 2.23. The third kappa shape index (κ3) is 2.87. The summed E-state index contributed by atoms with van der Waals surface area (Å²) >= 11 is 0. The molecule has 20 heavy (non-hydrogen) atoms. The number of ether oxygens (including phenoxy) is 1. The summed E-state index contributed by atoms with van der Waals surface area (Å²) < 4.78 is 22.9. The summed E-state index contributed by atoms with van der Waals surface area (Å²) in [4.78, 5) is 4.32. The summed E-state index contributed by atoms with van der Waals surface area (Å²) in [7, 11) is 0.212. The van der Waals surface area contributed by atoms with E-state index in [4.69, 9.17) is 9.15 Å². The van der Waals surface area contributed by atoms with Gasteiger partial charge in [-0.1, -0.05) is 12.0 Å². The van der Waals surface area contributed by atoms with Crippen molar-refractivity contribution in [3.05, 3.63) is 28.9 Å². The molecule has 108 valence electrons. The largest absolute Gasteiger partial charge is 0.496 e. The number of pyridine rings is 1. The van der Waals surface area contributed by atoms with E-state index in [-0.39, 0.29) is 11.0 Å². The zero-order valence-electron chi connectivity index (χ0n) is 12.0. The number of rotatable bonds is 5. The average Bonchev–Trinajstić information content (AvgIpc) is 2.91. The molecule has 0 N–H and O–H groups in total. The molecule has 2 aromatic rings. The highest BCUT2D eigenvalue weighted by Crippen LogP contribution is 2.25. The van der Waals surface area contributed by atoms with Crippen LogP contribution in [0.2, 0.25) is 0 Å². The highest BCUT2D eigenvalue weighted by Gasteiger charge is 2.17. The van der Waals surface area contributed by atoms with Crippen molar-refractivity contribution in [3.63, 3.8) is 0 Å². The molecule has 2 aromatic heterocycles. The Labute approximate surface area is 120 Å². The summed E-state index contributed by atoms with van der Waals surface area (Å²) in [6.45, 7) is 5.72. The van der Waals surface area contributed by atoms with Gasteiger partial charge in [-0.15, -0.1) is 5.10 Å². The molecule has 0 saturated heterocycles. The Morgan fingerprint density at radius 3 is 2.70 bits per heavy atom. The lowest BCUT2D eigenvalue weighted by atomic mass is 10.1. The molecule has 7 heteroatoms. The smallest absolute Gasteiger partial charge is 0.307 e. The lowest BCUT2D eigenvalue weighted by molar-refractivity contribution is 0.406. The molecule has 0 aliphatic carbocycles. The number of aromatic nitrogens is 3. The van der Waals surface area contributed by atoms with Crippen LogP contribution in [-0.4, -0.2) is 26.5 Å². The minimum atomic E-state index is -1.40. The number of hydrogen-bond donors (Lipinski definition) is 0. The maximum atomic E-state index is 12.2. The standard InChI is InChI=1S/C13H17N3O3S/c1-5-11-15-16-13(19-11)20(17)7-10-9(3)12(18-4)8(2)6-14-10/h6H,5,7H2,1-4H3. The van der Waals surface area contributed by atoms with Crippen molar-refractivity contribution in [2.24, 2.45) is 0 Å². The highest BCUT2D eigenvalue weighted by atomic mass is 32.2. The fraction of sp³-hybridized carbons (Fsp3) is 0.462. The van der Waals surface area contributed by atoms with Gasteiger partial charge in [0.25, 0.3) is 0 Å². The van der Waals surface area contributed by atoms with Gasteiger partial charge in [-0.2, -0.15) is 0 Å². The minimum absolute atomic E-state index is 0.141. The Bertz CT molecular complexity index is 640. The third-order valence-electron chi connectivity index (χ3n) is 2.96. The zero-order valence-corrected chi connectivity index (χ0v) is 12.8. The van der Waals surface area contributed by atoms with Crippen LogP contribution in [-0.2, 0) is 23.0 Å². The molecule has 0 aliphatic rings. The van der Waals surface area contributed by atoms with Crippen LogP contribution < -0.4 is 4.74 Å². The van der Waals surface area contributed by atoms with E-state index < -0.39 is 10.8 Å². The second kappa shape index (κ2) is 6.13. The van der Waals surface area contributed by atoms with Gasteiger partial charge in [-0.3, -0.25) is 4.98 Å². The van der Waals surface area contributed by atoms with Gasteiger partial charge >= 0.3 is 5.22 Å². The Hall–Kier alpha value is -1.76. The van der Waals surface area contributed by atoms with E-state index in [0.29, 0.717) is 18.0 Å². The second-order valence-corrected chi connectivity index (χ2v) is 5.68. The predicted molar refractivity (Wildman–Crippen MR) is 74.1 cm³/mol. The average molecular weight is 295 g/mol. The van der Waals surface area contributed by atoms with E-state index >= 15 is 0 Å². The molecule has 2 heterocycles. The van der Waals surface area contributed by atoms with Crippen LogP contribution in [0.3, 0.4) is 0 Å². The molecule has 0 spiro atoms. The van der Waals surface area contributed by atoms with Crippen molar-refractivity contribution < 1.29 is 13.4 Å². The van der Waals surface area contributed by atoms with Crippen LogP contribution in [0.25, 0.3) is 0 Å². The summed E-state index contributed by atoms with van der Waals surface area (Å²) in [5, 5.41) is 7.75. The molecule has 1 unspecified atom stereocenters. The van der Waals surface area contributed by atoms with Gasteiger partial charge in [0.05, 0.1) is 18.6 Å². The molecule has 2 rings (SSSR count). The first-order valence-electron chi connectivity index (χ1n) is 6.26. The van der Waals surface area contributed by atoms with Crippen molar-refractivity contribution in [1.82, 2.24) is 15.2 Å². The van der Waals surface area contributed by atoms with Crippen molar-refractivity contribution in [2.75, 3.05) is 7.11 Å². The summed E-state index contributed by atoms with van der Waals surface area (Å²) in [6.07, 6.45) is 2.34. The molecule has 6 nitrogen and oxygen atoms in total. The molecule has 0 saturated carbocycles. The van der Waals surface area contributed by atoms with Gasteiger partial charge in [0.2, 0.25) is 5.89 Å². The normalized spacial score (nSPS) is 12.4. The van der Waals surface area contributed by atoms with Crippen molar-refractivity contribution >= 4 is 10.8 Å². The Kier molecular flexibility index (Phi) is 4.49. The summed E-state index contributed by atoms with van der Waals surface area (Å²) in [6, 6.07) is 0. The number of nitrogens with zero attached hydrogens (tertiary/aromatic N) is 3. The zero-order chi connectivity index (χ0) is 14.7. The van der Waals surface area contributed by atoms with Gasteiger partial charge < -0.3 is 9.15 Å². The Morgan fingerprint density at radius 1 is 1.35 bits per heavy atom. The van der Waals surface area contributed by atoms with E-state index in [9.17, 15) is 4.21 Å². The lowest BCUT2D eigenvalue weighted by Gasteiger charge is -2.11.